The standard InChI is InChI=1S/C10H9N2O/c11-12(13)10-6-5-8-3-1-2-4-9(8)7-10/h1-7H,11H2/q-1. The van der Waals surface area contributed by atoms with E-state index in [-0.39, 0.29) is 0 Å². The van der Waals surface area contributed by atoms with Crippen LogP contribution in [0.1, 0.15) is 0 Å². The lowest BCUT2D eigenvalue weighted by Gasteiger charge is -2.23. The molecule has 2 rings (SSSR count). The predicted octanol–water partition coefficient (Wildman–Crippen LogP) is 2.02. The maximum absolute atomic E-state index is 10.8. The van der Waals surface area contributed by atoms with Gasteiger partial charge in [-0.1, -0.05) is 30.3 Å². The van der Waals surface area contributed by atoms with Crippen LogP contribution in [-0.2, 0) is 0 Å². The molecule has 13 heavy (non-hydrogen) atoms. The minimum Gasteiger partial charge on any atom is -0.743 e. The summed E-state index contributed by atoms with van der Waals surface area (Å²) in [5.74, 6) is 5.08. The third kappa shape index (κ3) is 1.47. The van der Waals surface area contributed by atoms with Gasteiger partial charge in [0, 0.05) is 5.69 Å². The van der Waals surface area contributed by atoms with Crippen molar-refractivity contribution >= 4 is 16.5 Å². The Kier molecular flexibility index (Phi) is 1.88. The Morgan fingerprint density at radius 1 is 1.00 bits per heavy atom. The van der Waals surface area contributed by atoms with Crippen LogP contribution in [0.25, 0.3) is 10.8 Å². The van der Waals surface area contributed by atoms with Crippen molar-refractivity contribution in [1.82, 2.24) is 0 Å². The van der Waals surface area contributed by atoms with Gasteiger partial charge in [0.25, 0.3) is 0 Å². The first kappa shape index (κ1) is 8.04. The highest BCUT2D eigenvalue weighted by Crippen LogP contribution is 2.19. The average Bonchev–Trinajstić information content (AvgIpc) is 2.17. The number of anilines is 1. The summed E-state index contributed by atoms with van der Waals surface area (Å²) < 4.78 is 0. The average molecular weight is 173 g/mol. The second-order valence-corrected chi connectivity index (χ2v) is 2.86. The van der Waals surface area contributed by atoms with Gasteiger partial charge in [0.05, 0.1) is 0 Å². The molecule has 0 heterocycles. The van der Waals surface area contributed by atoms with E-state index in [1.165, 1.54) is 0 Å². The molecule has 0 aromatic heterocycles. The van der Waals surface area contributed by atoms with Crippen LogP contribution in [0.15, 0.2) is 42.5 Å². The Morgan fingerprint density at radius 3 is 2.38 bits per heavy atom. The third-order valence-electron chi connectivity index (χ3n) is 1.99. The van der Waals surface area contributed by atoms with E-state index in [2.05, 4.69) is 0 Å². The van der Waals surface area contributed by atoms with Gasteiger partial charge >= 0.3 is 0 Å². The van der Waals surface area contributed by atoms with Gasteiger partial charge in [0.15, 0.2) is 0 Å². The summed E-state index contributed by atoms with van der Waals surface area (Å²) >= 11 is 0. The fourth-order valence-electron chi connectivity index (χ4n) is 1.31. The lowest BCUT2D eigenvalue weighted by Crippen LogP contribution is -2.22. The number of hydrogen-bond donors (Lipinski definition) is 1. The van der Waals surface area contributed by atoms with Gasteiger partial charge in [-0.3, -0.25) is 5.84 Å². The lowest BCUT2D eigenvalue weighted by molar-refractivity contribution is 1.09. The van der Waals surface area contributed by atoms with Gasteiger partial charge in [0.2, 0.25) is 0 Å². The van der Waals surface area contributed by atoms with Crippen LogP contribution in [0, 0.1) is 5.21 Å². The van der Waals surface area contributed by atoms with E-state index in [4.69, 9.17) is 5.84 Å². The van der Waals surface area contributed by atoms with Crippen molar-refractivity contribution in [2.45, 2.75) is 0 Å². The molecule has 0 radical (unpaired) electrons. The first-order chi connectivity index (χ1) is 6.27. The minimum absolute atomic E-state index is 0.367. The summed E-state index contributed by atoms with van der Waals surface area (Å²) in [5, 5.41) is 13.3. The summed E-state index contributed by atoms with van der Waals surface area (Å²) in [6.45, 7) is 0. The fraction of sp³-hybridized carbons (Fsp3) is 0. The number of nitrogens with zero attached hydrogens (tertiary/aromatic N) is 1. The SMILES string of the molecule is NN([O-])c1ccc2ccccc2c1. The number of hydrogen-bond acceptors (Lipinski definition) is 3. The molecule has 0 aliphatic rings. The number of benzene rings is 2. The normalized spacial score (nSPS) is 10.3. The highest BCUT2D eigenvalue weighted by atomic mass is 16.5. The van der Waals surface area contributed by atoms with E-state index >= 15 is 0 Å². The fourth-order valence-corrected chi connectivity index (χ4v) is 1.31. The van der Waals surface area contributed by atoms with Crippen LogP contribution in [-0.4, -0.2) is 0 Å². The summed E-state index contributed by atoms with van der Waals surface area (Å²) in [4.78, 5) is 0. The molecule has 0 bridgehead atoms. The highest BCUT2D eigenvalue weighted by Gasteiger charge is 1.94. The molecule has 0 aliphatic heterocycles. The molecule has 0 saturated carbocycles. The van der Waals surface area contributed by atoms with Gasteiger partial charge in [-0.05, 0) is 22.9 Å². The summed E-state index contributed by atoms with van der Waals surface area (Å²) in [6, 6.07) is 13.2. The van der Waals surface area contributed by atoms with Crippen LogP contribution >= 0.6 is 0 Å². The summed E-state index contributed by atoms with van der Waals surface area (Å²) in [5.41, 5.74) is 0.471. The van der Waals surface area contributed by atoms with Gasteiger partial charge in [-0.15, -0.1) is 0 Å². The monoisotopic (exact) mass is 173 g/mol. The quantitative estimate of drug-likeness (QED) is 0.530. The number of nitrogens with two attached hydrogens (primary N) is 1. The Balaban J connectivity index is 2.62. The smallest absolute Gasteiger partial charge is 0.0409 e. The lowest BCUT2D eigenvalue weighted by atomic mass is 10.1. The predicted molar refractivity (Wildman–Crippen MR) is 54.0 cm³/mol. The summed E-state index contributed by atoms with van der Waals surface area (Å²) in [6.07, 6.45) is 0. The van der Waals surface area contributed by atoms with Crippen LogP contribution in [0.3, 0.4) is 0 Å². The minimum atomic E-state index is 0.367. The van der Waals surface area contributed by atoms with E-state index in [1.54, 1.807) is 12.1 Å². The zero-order valence-corrected chi connectivity index (χ0v) is 6.97. The van der Waals surface area contributed by atoms with E-state index in [0.717, 1.165) is 10.8 Å². The van der Waals surface area contributed by atoms with Crippen molar-refractivity contribution < 1.29 is 0 Å². The highest BCUT2D eigenvalue weighted by molar-refractivity contribution is 5.85. The van der Waals surface area contributed by atoms with Crippen molar-refractivity contribution in [3.8, 4) is 0 Å². The second kappa shape index (κ2) is 3.05. The largest absolute Gasteiger partial charge is 0.743 e. The Morgan fingerprint density at radius 2 is 1.69 bits per heavy atom. The molecule has 0 atom stereocenters. The molecule has 0 aliphatic carbocycles. The molecule has 0 unspecified atom stereocenters. The third-order valence-corrected chi connectivity index (χ3v) is 1.99. The molecule has 0 amide bonds. The van der Waals surface area contributed by atoms with Crippen molar-refractivity contribution in [2.24, 2.45) is 5.84 Å². The second-order valence-electron chi connectivity index (χ2n) is 2.86. The maximum Gasteiger partial charge on any atom is 0.0409 e. The first-order valence-corrected chi connectivity index (χ1v) is 3.98. The molecule has 2 aromatic carbocycles. The molecule has 3 heteroatoms. The van der Waals surface area contributed by atoms with Gasteiger partial charge in [0.1, 0.15) is 0 Å². The van der Waals surface area contributed by atoms with Gasteiger partial charge < -0.3 is 10.4 Å². The molecule has 3 nitrogen and oxygen atoms in total. The summed E-state index contributed by atoms with van der Waals surface area (Å²) in [7, 11) is 0. The zero-order valence-electron chi connectivity index (χ0n) is 6.97. The molecule has 2 aromatic rings. The van der Waals surface area contributed by atoms with Crippen LogP contribution in [0.5, 0.6) is 0 Å². The first-order valence-electron chi connectivity index (χ1n) is 3.98. The van der Waals surface area contributed by atoms with E-state index < -0.39 is 0 Å². The number of hydrazine groups is 1. The van der Waals surface area contributed by atoms with Crippen LogP contribution in [0.4, 0.5) is 5.69 Å². The van der Waals surface area contributed by atoms with Crippen LogP contribution in [0.2, 0.25) is 0 Å². The molecule has 2 N–H and O–H groups in total. The van der Waals surface area contributed by atoms with Crippen molar-refractivity contribution in [1.29, 1.82) is 0 Å². The van der Waals surface area contributed by atoms with E-state index in [9.17, 15) is 5.21 Å². The Labute approximate surface area is 75.9 Å². The number of fused-ring (bicyclic) bond motifs is 1. The van der Waals surface area contributed by atoms with Crippen molar-refractivity contribution in [2.75, 3.05) is 5.17 Å². The van der Waals surface area contributed by atoms with Crippen molar-refractivity contribution in [3.63, 3.8) is 0 Å². The Hall–Kier alpha value is -1.58. The van der Waals surface area contributed by atoms with E-state index in [0.29, 0.717) is 10.9 Å². The molecule has 0 fully saturated rings. The topological polar surface area (TPSA) is 52.3 Å². The van der Waals surface area contributed by atoms with Gasteiger partial charge in [-0.2, -0.15) is 0 Å². The molecule has 0 saturated heterocycles. The Bertz CT molecular complexity index is 426. The maximum atomic E-state index is 10.8. The molecule has 0 spiro atoms. The molecule has 66 valence electrons. The van der Waals surface area contributed by atoms with Crippen molar-refractivity contribution in [3.05, 3.63) is 47.7 Å². The van der Waals surface area contributed by atoms with Gasteiger partial charge in [-0.25, -0.2) is 0 Å². The zero-order chi connectivity index (χ0) is 9.26. The van der Waals surface area contributed by atoms with Crippen LogP contribution < -0.4 is 11.0 Å². The molecular formula is C10H9N2O-. The number of rotatable bonds is 1. The molecular weight excluding hydrogens is 164 g/mol. The van der Waals surface area contributed by atoms with E-state index in [1.807, 2.05) is 30.3 Å².